The summed E-state index contributed by atoms with van der Waals surface area (Å²) < 4.78 is 33.7. The lowest BCUT2D eigenvalue weighted by Gasteiger charge is -2.11. The van der Waals surface area contributed by atoms with Crippen LogP contribution in [0.1, 0.15) is 0 Å². The molecule has 58 valence electrons. The van der Waals surface area contributed by atoms with Crippen LogP contribution < -0.4 is 11.5 Å². The van der Waals surface area contributed by atoms with E-state index in [1.54, 1.807) is 0 Å². The second-order valence-electron chi connectivity index (χ2n) is 1.38. The van der Waals surface area contributed by atoms with E-state index in [-0.39, 0.29) is 12.4 Å². The summed E-state index contributed by atoms with van der Waals surface area (Å²) in [6, 6.07) is -1.87. The van der Waals surface area contributed by atoms with E-state index >= 15 is 0 Å². The van der Waals surface area contributed by atoms with Crippen molar-refractivity contribution in [2.45, 2.75) is 12.2 Å². The first-order valence-corrected chi connectivity index (χ1v) is 2.01. The lowest BCUT2D eigenvalue weighted by Crippen LogP contribution is -2.43. The van der Waals surface area contributed by atoms with Crippen molar-refractivity contribution in [2.75, 3.05) is 6.54 Å². The van der Waals surface area contributed by atoms with Gasteiger partial charge in [0, 0.05) is 6.54 Å². The topological polar surface area (TPSA) is 52.0 Å². The van der Waals surface area contributed by atoms with Gasteiger partial charge in [-0.2, -0.15) is 13.2 Å². The molecule has 0 saturated carbocycles. The molecule has 0 aromatic carbocycles. The lowest BCUT2D eigenvalue weighted by atomic mass is 10.3. The van der Waals surface area contributed by atoms with E-state index in [1.165, 1.54) is 0 Å². The fraction of sp³-hybridized carbons (Fsp3) is 1.00. The van der Waals surface area contributed by atoms with Crippen LogP contribution in [0, 0.1) is 0 Å². The van der Waals surface area contributed by atoms with E-state index < -0.39 is 18.8 Å². The number of hydrogen-bond acceptors (Lipinski definition) is 2. The van der Waals surface area contributed by atoms with Crippen molar-refractivity contribution >= 4 is 12.4 Å². The molecule has 0 saturated heterocycles. The lowest BCUT2D eigenvalue weighted by molar-refractivity contribution is -0.145. The highest BCUT2D eigenvalue weighted by Crippen LogP contribution is 2.16. The molecule has 0 spiro atoms. The Labute approximate surface area is 56.8 Å². The second kappa shape index (κ2) is 3.92. The molecular formula is C3H8ClF3N2. The molecule has 0 fully saturated rings. The Morgan fingerprint density at radius 2 is 1.67 bits per heavy atom. The highest BCUT2D eigenvalue weighted by atomic mass is 35.5. The monoisotopic (exact) mass is 164 g/mol. The van der Waals surface area contributed by atoms with Gasteiger partial charge in [-0.1, -0.05) is 0 Å². The van der Waals surface area contributed by atoms with Crippen LogP contribution in [0.5, 0.6) is 0 Å². The molecule has 1 unspecified atom stereocenters. The minimum Gasteiger partial charge on any atom is -0.329 e. The predicted molar refractivity (Wildman–Crippen MR) is 30.3 cm³/mol. The Balaban J connectivity index is 0. The summed E-state index contributed by atoms with van der Waals surface area (Å²) in [6.45, 7) is -0.552. The first-order chi connectivity index (χ1) is 3.48. The average molecular weight is 165 g/mol. The van der Waals surface area contributed by atoms with Crippen molar-refractivity contribution in [2.24, 2.45) is 11.5 Å². The fourth-order valence-corrected chi connectivity index (χ4v) is 0.134. The van der Waals surface area contributed by atoms with Gasteiger partial charge in [-0.05, 0) is 0 Å². The maximum absolute atomic E-state index is 11.2. The van der Waals surface area contributed by atoms with E-state index in [9.17, 15) is 13.2 Å². The third-order valence-electron chi connectivity index (χ3n) is 0.674. The zero-order chi connectivity index (χ0) is 6.78. The summed E-state index contributed by atoms with van der Waals surface area (Å²) in [5.74, 6) is 0. The van der Waals surface area contributed by atoms with Crippen molar-refractivity contribution < 1.29 is 13.2 Å². The first kappa shape index (κ1) is 11.8. The van der Waals surface area contributed by atoms with Gasteiger partial charge in [-0.15, -0.1) is 12.4 Å². The summed E-state index contributed by atoms with van der Waals surface area (Å²) in [7, 11) is 0. The minimum absolute atomic E-state index is 0. The zero-order valence-electron chi connectivity index (χ0n) is 4.48. The van der Waals surface area contributed by atoms with Crippen LogP contribution in [-0.2, 0) is 0 Å². The molecule has 0 radical (unpaired) electrons. The van der Waals surface area contributed by atoms with Crippen molar-refractivity contribution in [3.05, 3.63) is 0 Å². The molecule has 0 aliphatic heterocycles. The first-order valence-electron chi connectivity index (χ1n) is 2.01. The van der Waals surface area contributed by atoms with E-state index in [1.807, 2.05) is 0 Å². The van der Waals surface area contributed by atoms with Gasteiger partial charge in [-0.3, -0.25) is 0 Å². The molecule has 0 bridgehead atoms. The number of alkyl halides is 3. The van der Waals surface area contributed by atoms with Crippen molar-refractivity contribution in [3.8, 4) is 0 Å². The Morgan fingerprint density at radius 1 is 1.33 bits per heavy atom. The van der Waals surface area contributed by atoms with Crippen molar-refractivity contribution in [1.29, 1.82) is 0 Å². The average Bonchev–Trinajstić information content (AvgIpc) is 1.62. The highest BCUT2D eigenvalue weighted by Gasteiger charge is 2.35. The van der Waals surface area contributed by atoms with Gasteiger partial charge in [0.2, 0.25) is 0 Å². The van der Waals surface area contributed by atoms with Gasteiger partial charge in [0.25, 0.3) is 0 Å². The normalized spacial score (nSPS) is 14.3. The SMILES string of the molecule is Cl.NCC(N)C(F)(F)F. The third kappa shape index (κ3) is 4.50. The maximum atomic E-state index is 11.2. The smallest absolute Gasteiger partial charge is 0.329 e. The second-order valence-corrected chi connectivity index (χ2v) is 1.38. The summed E-state index contributed by atoms with van der Waals surface area (Å²) in [5, 5.41) is 0. The number of hydrogen-bond donors (Lipinski definition) is 2. The van der Waals surface area contributed by atoms with E-state index in [0.29, 0.717) is 0 Å². The van der Waals surface area contributed by atoms with E-state index in [0.717, 1.165) is 0 Å². The summed E-state index contributed by atoms with van der Waals surface area (Å²) in [6.07, 6.45) is -4.34. The zero-order valence-corrected chi connectivity index (χ0v) is 5.30. The van der Waals surface area contributed by atoms with Crippen molar-refractivity contribution in [3.63, 3.8) is 0 Å². The summed E-state index contributed by atoms with van der Waals surface area (Å²) >= 11 is 0. The van der Waals surface area contributed by atoms with Gasteiger partial charge < -0.3 is 11.5 Å². The van der Waals surface area contributed by atoms with E-state index in [2.05, 4.69) is 11.5 Å². The van der Waals surface area contributed by atoms with Crippen LogP contribution in [0.15, 0.2) is 0 Å². The molecule has 0 aliphatic carbocycles. The quantitative estimate of drug-likeness (QED) is 0.584. The molecule has 0 aromatic heterocycles. The Hall–Kier alpha value is -0.0000000000000000555. The van der Waals surface area contributed by atoms with Gasteiger partial charge in [0.05, 0.1) is 0 Å². The molecule has 0 amide bonds. The molecule has 4 N–H and O–H groups in total. The summed E-state index contributed by atoms with van der Waals surface area (Å²) in [5.41, 5.74) is 9.11. The molecule has 1 atom stereocenters. The molecular weight excluding hydrogens is 156 g/mol. The van der Waals surface area contributed by atoms with Crippen LogP contribution in [0.25, 0.3) is 0 Å². The van der Waals surface area contributed by atoms with Crippen LogP contribution in [-0.4, -0.2) is 18.8 Å². The van der Waals surface area contributed by atoms with Gasteiger partial charge >= 0.3 is 6.18 Å². The molecule has 9 heavy (non-hydrogen) atoms. The molecule has 6 heteroatoms. The van der Waals surface area contributed by atoms with Crippen LogP contribution in [0.2, 0.25) is 0 Å². The van der Waals surface area contributed by atoms with Crippen molar-refractivity contribution in [1.82, 2.24) is 0 Å². The molecule has 2 nitrogen and oxygen atoms in total. The number of nitrogens with two attached hydrogens (primary N) is 2. The minimum atomic E-state index is -4.34. The third-order valence-corrected chi connectivity index (χ3v) is 0.674. The standard InChI is InChI=1S/C3H7F3N2.ClH/c4-3(5,6)2(8)1-7;/h2H,1,7-8H2;1H. The molecule has 0 aromatic rings. The number of rotatable bonds is 1. The number of halogens is 4. The van der Waals surface area contributed by atoms with Crippen LogP contribution >= 0.6 is 12.4 Å². The Bertz CT molecular complexity index is 73.9. The highest BCUT2D eigenvalue weighted by molar-refractivity contribution is 5.85. The van der Waals surface area contributed by atoms with Gasteiger partial charge in [0.1, 0.15) is 6.04 Å². The Kier molecular flexibility index (Phi) is 5.12. The van der Waals surface area contributed by atoms with Gasteiger partial charge in [0.15, 0.2) is 0 Å². The summed E-state index contributed by atoms with van der Waals surface area (Å²) in [4.78, 5) is 0. The molecule has 0 heterocycles. The largest absolute Gasteiger partial charge is 0.404 e. The van der Waals surface area contributed by atoms with E-state index in [4.69, 9.17) is 0 Å². The Morgan fingerprint density at radius 3 is 1.67 bits per heavy atom. The molecule has 0 rings (SSSR count). The van der Waals surface area contributed by atoms with Crippen LogP contribution in [0.3, 0.4) is 0 Å². The molecule has 0 aliphatic rings. The fourth-order valence-electron chi connectivity index (χ4n) is 0.134. The van der Waals surface area contributed by atoms with Crippen LogP contribution in [0.4, 0.5) is 13.2 Å². The predicted octanol–water partition coefficient (Wildman–Crippen LogP) is 0.257. The maximum Gasteiger partial charge on any atom is 0.404 e. The van der Waals surface area contributed by atoms with Gasteiger partial charge in [-0.25, -0.2) is 0 Å².